The van der Waals surface area contributed by atoms with Gasteiger partial charge < -0.3 is 11.1 Å². The van der Waals surface area contributed by atoms with Crippen LogP contribution in [-0.4, -0.2) is 29.5 Å². The molecule has 1 aliphatic heterocycles. The number of nitrogens with two attached hydrogens (primary N) is 1. The lowest BCUT2D eigenvalue weighted by Crippen LogP contribution is -2.45. The topological polar surface area (TPSA) is 55.1 Å². The van der Waals surface area contributed by atoms with Gasteiger partial charge in [0.25, 0.3) is 0 Å². The minimum absolute atomic E-state index is 0.0696. The van der Waals surface area contributed by atoms with E-state index in [0.29, 0.717) is 5.25 Å². The van der Waals surface area contributed by atoms with Crippen LogP contribution in [0, 0.1) is 5.92 Å². The zero-order chi connectivity index (χ0) is 11.4. The first-order valence-corrected chi connectivity index (χ1v) is 7.47. The molecule has 0 bridgehead atoms. The summed E-state index contributed by atoms with van der Waals surface area (Å²) in [5.74, 6) is 1.52. The Morgan fingerprint density at radius 1 is 1.25 bits per heavy atom. The molecule has 1 amide bonds. The molecule has 3 N–H and O–H groups in total. The summed E-state index contributed by atoms with van der Waals surface area (Å²) in [4.78, 5) is 12.0. The third-order valence-electron chi connectivity index (χ3n) is 3.68. The van der Waals surface area contributed by atoms with Gasteiger partial charge in [-0.3, -0.25) is 4.79 Å². The molecule has 0 aromatic rings. The van der Waals surface area contributed by atoms with Gasteiger partial charge in [0.15, 0.2) is 0 Å². The highest BCUT2D eigenvalue weighted by atomic mass is 32.2. The van der Waals surface area contributed by atoms with Gasteiger partial charge >= 0.3 is 0 Å². The van der Waals surface area contributed by atoms with Crippen LogP contribution >= 0.6 is 11.8 Å². The van der Waals surface area contributed by atoms with Crippen molar-refractivity contribution in [2.24, 2.45) is 11.7 Å². The fraction of sp³-hybridized carbons (Fsp3) is 0.917. The van der Waals surface area contributed by atoms with Gasteiger partial charge in [0.2, 0.25) is 5.91 Å². The first-order chi connectivity index (χ1) is 7.77. The van der Waals surface area contributed by atoms with Gasteiger partial charge in [-0.1, -0.05) is 12.8 Å². The van der Waals surface area contributed by atoms with Crippen molar-refractivity contribution >= 4 is 17.7 Å². The minimum atomic E-state index is 0.0696. The maximum absolute atomic E-state index is 12.0. The zero-order valence-corrected chi connectivity index (χ0v) is 10.6. The normalized spacial score (nSPS) is 34.9. The molecule has 1 heterocycles. The molecular formula is C12H22N2OS. The molecule has 1 saturated carbocycles. The molecule has 1 aliphatic carbocycles. The standard InChI is InChI=1S/C12H22N2OS/c13-11-6-2-1-5-10(11)12(15)14-8-9-4-3-7-16-9/h9-11H,1-8,13H2,(H,14,15). The smallest absolute Gasteiger partial charge is 0.224 e. The van der Waals surface area contributed by atoms with Crippen molar-refractivity contribution in [1.29, 1.82) is 0 Å². The highest BCUT2D eigenvalue weighted by Crippen LogP contribution is 2.26. The van der Waals surface area contributed by atoms with Crippen LogP contribution in [0.1, 0.15) is 38.5 Å². The Balaban J connectivity index is 1.73. The number of carbonyl (C=O) groups excluding carboxylic acids is 1. The molecular weight excluding hydrogens is 220 g/mol. The third-order valence-corrected chi connectivity index (χ3v) is 5.08. The fourth-order valence-corrected chi connectivity index (χ4v) is 3.84. The van der Waals surface area contributed by atoms with Gasteiger partial charge in [-0.2, -0.15) is 11.8 Å². The van der Waals surface area contributed by atoms with E-state index < -0.39 is 0 Å². The summed E-state index contributed by atoms with van der Waals surface area (Å²) in [5, 5.41) is 3.73. The minimum Gasteiger partial charge on any atom is -0.355 e. The number of nitrogens with one attached hydrogen (secondary N) is 1. The Morgan fingerprint density at radius 3 is 2.75 bits per heavy atom. The summed E-state index contributed by atoms with van der Waals surface area (Å²) in [6, 6.07) is 0.0879. The van der Waals surface area contributed by atoms with Gasteiger partial charge in [-0.15, -0.1) is 0 Å². The van der Waals surface area contributed by atoms with Gasteiger partial charge in [-0.05, 0) is 31.4 Å². The summed E-state index contributed by atoms with van der Waals surface area (Å²) < 4.78 is 0. The number of thioether (sulfide) groups is 1. The second kappa shape index (κ2) is 5.92. The molecule has 0 aromatic heterocycles. The van der Waals surface area contributed by atoms with Crippen LogP contribution in [-0.2, 0) is 4.79 Å². The van der Waals surface area contributed by atoms with E-state index >= 15 is 0 Å². The van der Waals surface area contributed by atoms with Crippen LogP contribution in [0.4, 0.5) is 0 Å². The van der Waals surface area contributed by atoms with Gasteiger partial charge in [0.1, 0.15) is 0 Å². The molecule has 92 valence electrons. The average Bonchev–Trinajstić information content (AvgIpc) is 2.79. The van der Waals surface area contributed by atoms with E-state index in [4.69, 9.17) is 5.73 Å². The van der Waals surface area contributed by atoms with Crippen LogP contribution in [0.2, 0.25) is 0 Å². The van der Waals surface area contributed by atoms with Crippen molar-refractivity contribution < 1.29 is 4.79 Å². The molecule has 0 spiro atoms. The van der Waals surface area contributed by atoms with Crippen molar-refractivity contribution in [2.45, 2.75) is 49.8 Å². The summed E-state index contributed by atoms with van der Waals surface area (Å²) in [6.07, 6.45) is 6.88. The number of hydrogen-bond acceptors (Lipinski definition) is 3. The predicted molar refractivity (Wildman–Crippen MR) is 68.4 cm³/mol. The summed E-state index contributed by atoms with van der Waals surface area (Å²) in [7, 11) is 0. The van der Waals surface area contributed by atoms with Crippen molar-refractivity contribution in [3.05, 3.63) is 0 Å². The lowest BCUT2D eigenvalue weighted by molar-refractivity contribution is -0.126. The Morgan fingerprint density at radius 2 is 2.06 bits per heavy atom. The van der Waals surface area contributed by atoms with Gasteiger partial charge in [-0.25, -0.2) is 0 Å². The molecule has 4 heteroatoms. The maximum Gasteiger partial charge on any atom is 0.224 e. The Kier molecular flexibility index (Phi) is 4.53. The van der Waals surface area contributed by atoms with E-state index in [1.807, 2.05) is 11.8 Å². The molecule has 2 rings (SSSR count). The fourth-order valence-electron chi connectivity index (χ4n) is 2.64. The average molecular weight is 242 g/mol. The monoisotopic (exact) mass is 242 g/mol. The quantitative estimate of drug-likeness (QED) is 0.789. The molecule has 3 nitrogen and oxygen atoms in total. The largest absolute Gasteiger partial charge is 0.355 e. The lowest BCUT2D eigenvalue weighted by Gasteiger charge is -2.27. The van der Waals surface area contributed by atoms with Crippen LogP contribution in [0.15, 0.2) is 0 Å². The molecule has 0 radical (unpaired) electrons. The predicted octanol–water partition coefficient (Wildman–Crippen LogP) is 1.52. The molecule has 16 heavy (non-hydrogen) atoms. The van der Waals surface area contributed by atoms with E-state index in [1.165, 1.54) is 25.0 Å². The van der Waals surface area contributed by atoms with Crippen LogP contribution in [0.5, 0.6) is 0 Å². The summed E-state index contributed by atoms with van der Waals surface area (Å²) in [5.41, 5.74) is 6.00. The molecule has 2 aliphatic rings. The number of carbonyl (C=O) groups is 1. The van der Waals surface area contributed by atoms with Crippen molar-refractivity contribution in [3.8, 4) is 0 Å². The van der Waals surface area contributed by atoms with Crippen molar-refractivity contribution in [1.82, 2.24) is 5.32 Å². The molecule has 0 aromatic carbocycles. The van der Waals surface area contributed by atoms with E-state index in [0.717, 1.165) is 25.8 Å². The number of hydrogen-bond donors (Lipinski definition) is 2. The van der Waals surface area contributed by atoms with Gasteiger partial charge in [0.05, 0.1) is 5.92 Å². The Bertz CT molecular complexity index is 241. The molecule has 2 fully saturated rings. The molecule has 3 unspecified atom stereocenters. The van der Waals surface area contributed by atoms with Gasteiger partial charge in [0, 0.05) is 17.8 Å². The highest BCUT2D eigenvalue weighted by molar-refractivity contribution is 8.00. The molecule has 3 atom stereocenters. The van der Waals surface area contributed by atoms with E-state index in [1.54, 1.807) is 0 Å². The SMILES string of the molecule is NC1CCCCC1C(=O)NCC1CCCS1. The first kappa shape index (κ1) is 12.2. The first-order valence-electron chi connectivity index (χ1n) is 6.42. The summed E-state index contributed by atoms with van der Waals surface area (Å²) in [6.45, 7) is 0.840. The second-order valence-electron chi connectivity index (χ2n) is 4.93. The van der Waals surface area contributed by atoms with Crippen LogP contribution < -0.4 is 11.1 Å². The lowest BCUT2D eigenvalue weighted by atomic mass is 9.84. The number of amides is 1. The van der Waals surface area contributed by atoms with Crippen molar-refractivity contribution in [2.75, 3.05) is 12.3 Å². The Labute approximate surface area is 102 Å². The number of rotatable bonds is 3. The van der Waals surface area contributed by atoms with E-state index in [9.17, 15) is 4.79 Å². The van der Waals surface area contributed by atoms with E-state index in [2.05, 4.69) is 5.32 Å². The maximum atomic E-state index is 12.0. The van der Waals surface area contributed by atoms with E-state index in [-0.39, 0.29) is 17.9 Å². The molecule has 1 saturated heterocycles. The second-order valence-corrected chi connectivity index (χ2v) is 6.34. The van der Waals surface area contributed by atoms with Crippen LogP contribution in [0.3, 0.4) is 0 Å². The van der Waals surface area contributed by atoms with Crippen LogP contribution in [0.25, 0.3) is 0 Å². The highest BCUT2D eigenvalue weighted by Gasteiger charge is 2.28. The van der Waals surface area contributed by atoms with Crippen molar-refractivity contribution in [3.63, 3.8) is 0 Å². The summed E-state index contributed by atoms with van der Waals surface area (Å²) >= 11 is 1.99. The zero-order valence-electron chi connectivity index (χ0n) is 9.78. The third kappa shape index (κ3) is 3.14. The Hall–Kier alpha value is -0.220.